The van der Waals surface area contributed by atoms with Gasteiger partial charge in [0.05, 0.1) is 4.88 Å². The topological polar surface area (TPSA) is 41.1 Å². The van der Waals surface area contributed by atoms with E-state index in [0.717, 1.165) is 29.5 Å². The molecule has 3 rings (SSSR count). The van der Waals surface area contributed by atoms with E-state index in [1.807, 2.05) is 6.07 Å². The van der Waals surface area contributed by atoms with Gasteiger partial charge in [0.25, 0.3) is 5.91 Å². The lowest BCUT2D eigenvalue weighted by Gasteiger charge is -2.30. The molecule has 1 aromatic carbocycles. The Labute approximate surface area is 121 Å². The molecule has 5 heteroatoms. The second kappa shape index (κ2) is 5.50. The first-order valence-electron chi connectivity index (χ1n) is 6.87. The van der Waals surface area contributed by atoms with Crippen molar-refractivity contribution in [2.24, 2.45) is 0 Å². The van der Waals surface area contributed by atoms with Crippen LogP contribution in [-0.2, 0) is 0 Å². The number of fused-ring (bicyclic) bond motifs is 1. The van der Waals surface area contributed by atoms with Crippen LogP contribution in [0.2, 0.25) is 0 Å². The minimum Gasteiger partial charge on any atom is -0.347 e. The Balaban J connectivity index is 1.78. The minimum absolute atomic E-state index is 0.0628. The second-order valence-corrected chi connectivity index (χ2v) is 6.34. The van der Waals surface area contributed by atoms with Gasteiger partial charge in [-0.25, -0.2) is 4.39 Å². The smallest absolute Gasteiger partial charge is 0.261 e. The Kier molecular flexibility index (Phi) is 3.72. The third-order valence-electron chi connectivity index (χ3n) is 3.78. The van der Waals surface area contributed by atoms with Crippen molar-refractivity contribution < 1.29 is 9.18 Å². The molecule has 1 fully saturated rings. The van der Waals surface area contributed by atoms with E-state index < -0.39 is 0 Å². The van der Waals surface area contributed by atoms with E-state index in [0.29, 0.717) is 10.9 Å². The summed E-state index contributed by atoms with van der Waals surface area (Å²) in [4.78, 5) is 12.9. The van der Waals surface area contributed by atoms with Crippen LogP contribution in [0.4, 0.5) is 4.39 Å². The van der Waals surface area contributed by atoms with E-state index in [2.05, 4.69) is 17.6 Å². The molecule has 1 aliphatic heterocycles. The predicted molar refractivity (Wildman–Crippen MR) is 79.7 cm³/mol. The maximum atomic E-state index is 13.2. The number of rotatable bonds is 2. The van der Waals surface area contributed by atoms with Crippen LogP contribution in [0.3, 0.4) is 0 Å². The first kappa shape index (κ1) is 13.5. The average molecular weight is 292 g/mol. The van der Waals surface area contributed by atoms with E-state index in [9.17, 15) is 9.18 Å². The van der Waals surface area contributed by atoms with Crippen molar-refractivity contribution in [3.05, 3.63) is 35.0 Å². The predicted octanol–water partition coefficient (Wildman–Crippen LogP) is 2.91. The van der Waals surface area contributed by atoms with Gasteiger partial charge < -0.3 is 10.6 Å². The lowest BCUT2D eigenvalue weighted by molar-refractivity contribution is 0.0924. The van der Waals surface area contributed by atoms with Crippen LogP contribution in [0.15, 0.2) is 24.3 Å². The summed E-state index contributed by atoms with van der Waals surface area (Å²) in [5.41, 5.74) is 0. The highest BCUT2D eigenvalue weighted by Crippen LogP contribution is 2.26. The summed E-state index contributed by atoms with van der Waals surface area (Å²) in [5, 5.41) is 7.35. The molecule has 1 aromatic heterocycles. The van der Waals surface area contributed by atoms with E-state index in [4.69, 9.17) is 0 Å². The summed E-state index contributed by atoms with van der Waals surface area (Å²) in [5.74, 6) is -0.330. The van der Waals surface area contributed by atoms with Gasteiger partial charge >= 0.3 is 0 Å². The van der Waals surface area contributed by atoms with Crippen molar-refractivity contribution in [2.75, 3.05) is 6.54 Å². The number of hydrogen-bond acceptors (Lipinski definition) is 3. The van der Waals surface area contributed by atoms with Crippen molar-refractivity contribution in [1.82, 2.24) is 10.6 Å². The largest absolute Gasteiger partial charge is 0.347 e. The van der Waals surface area contributed by atoms with Gasteiger partial charge in [0, 0.05) is 16.8 Å². The molecule has 0 spiro atoms. The van der Waals surface area contributed by atoms with Crippen molar-refractivity contribution in [3.63, 3.8) is 0 Å². The SMILES string of the molecule is CC1NCCCC1NC(=O)c1cc2ccc(F)cc2s1. The Morgan fingerprint density at radius 3 is 3.10 bits per heavy atom. The summed E-state index contributed by atoms with van der Waals surface area (Å²) >= 11 is 1.34. The molecule has 0 aliphatic carbocycles. The van der Waals surface area contributed by atoms with Gasteiger partial charge in [-0.05, 0) is 49.9 Å². The fourth-order valence-corrected chi connectivity index (χ4v) is 3.59. The van der Waals surface area contributed by atoms with E-state index in [1.54, 1.807) is 6.07 Å². The maximum Gasteiger partial charge on any atom is 0.261 e. The summed E-state index contributed by atoms with van der Waals surface area (Å²) in [7, 11) is 0. The molecule has 1 aliphatic rings. The molecular formula is C15H17FN2OS. The molecule has 1 amide bonds. The zero-order valence-corrected chi connectivity index (χ0v) is 12.1. The molecule has 20 heavy (non-hydrogen) atoms. The number of carbonyl (C=O) groups is 1. The summed E-state index contributed by atoms with van der Waals surface area (Å²) in [6.07, 6.45) is 2.08. The number of nitrogens with one attached hydrogen (secondary N) is 2. The van der Waals surface area contributed by atoms with E-state index >= 15 is 0 Å². The maximum absolute atomic E-state index is 13.2. The minimum atomic E-state index is -0.267. The van der Waals surface area contributed by atoms with Gasteiger partial charge in [0.2, 0.25) is 0 Å². The highest BCUT2D eigenvalue weighted by atomic mass is 32.1. The zero-order valence-electron chi connectivity index (χ0n) is 11.3. The number of hydrogen-bond donors (Lipinski definition) is 2. The number of amides is 1. The third kappa shape index (κ3) is 2.69. The standard InChI is InChI=1S/C15H17FN2OS/c1-9-12(3-2-6-17-9)18-15(19)14-7-10-4-5-11(16)8-13(10)20-14/h4-5,7-9,12,17H,2-3,6H2,1H3,(H,18,19). The molecule has 0 bridgehead atoms. The summed E-state index contributed by atoms with van der Waals surface area (Å²) in [6, 6.07) is 6.89. The van der Waals surface area contributed by atoms with Gasteiger partial charge in [0.1, 0.15) is 5.82 Å². The van der Waals surface area contributed by atoms with Gasteiger partial charge in [-0.1, -0.05) is 6.07 Å². The Morgan fingerprint density at radius 2 is 2.30 bits per heavy atom. The van der Waals surface area contributed by atoms with Crippen LogP contribution in [0.25, 0.3) is 10.1 Å². The molecule has 106 valence electrons. The van der Waals surface area contributed by atoms with Crippen LogP contribution in [0.5, 0.6) is 0 Å². The fraction of sp³-hybridized carbons (Fsp3) is 0.400. The number of carbonyl (C=O) groups excluding carboxylic acids is 1. The molecule has 3 nitrogen and oxygen atoms in total. The van der Waals surface area contributed by atoms with Crippen LogP contribution in [-0.4, -0.2) is 24.5 Å². The molecule has 0 radical (unpaired) electrons. The highest BCUT2D eigenvalue weighted by molar-refractivity contribution is 7.20. The molecule has 2 unspecified atom stereocenters. The molecule has 0 saturated carbocycles. The first-order valence-corrected chi connectivity index (χ1v) is 7.68. The van der Waals surface area contributed by atoms with Crippen molar-refractivity contribution in [3.8, 4) is 0 Å². The van der Waals surface area contributed by atoms with Gasteiger partial charge in [-0.2, -0.15) is 0 Å². The van der Waals surface area contributed by atoms with Gasteiger partial charge in [-0.15, -0.1) is 11.3 Å². The number of thiophene rings is 1. The van der Waals surface area contributed by atoms with Crippen molar-refractivity contribution >= 4 is 27.3 Å². The summed E-state index contributed by atoms with van der Waals surface area (Å²) < 4.78 is 14.0. The van der Waals surface area contributed by atoms with Crippen LogP contribution >= 0.6 is 11.3 Å². The lowest BCUT2D eigenvalue weighted by atomic mass is 10.00. The Morgan fingerprint density at radius 1 is 1.45 bits per heavy atom. The van der Waals surface area contributed by atoms with Crippen LogP contribution < -0.4 is 10.6 Å². The average Bonchev–Trinajstić information content (AvgIpc) is 2.84. The van der Waals surface area contributed by atoms with E-state index in [-0.39, 0.29) is 17.8 Å². The first-order chi connectivity index (χ1) is 9.63. The highest BCUT2D eigenvalue weighted by Gasteiger charge is 2.23. The normalized spacial score (nSPS) is 22.9. The van der Waals surface area contributed by atoms with Gasteiger partial charge in [0.15, 0.2) is 0 Å². The third-order valence-corrected chi connectivity index (χ3v) is 4.88. The van der Waals surface area contributed by atoms with E-state index in [1.165, 1.54) is 23.5 Å². The monoisotopic (exact) mass is 292 g/mol. The Bertz CT molecular complexity index is 640. The number of benzene rings is 1. The quantitative estimate of drug-likeness (QED) is 0.893. The Hall–Kier alpha value is -1.46. The second-order valence-electron chi connectivity index (χ2n) is 5.26. The number of piperidine rings is 1. The molecule has 1 saturated heterocycles. The molecule has 2 N–H and O–H groups in total. The fourth-order valence-electron chi connectivity index (χ4n) is 2.60. The van der Waals surface area contributed by atoms with Crippen molar-refractivity contribution in [2.45, 2.75) is 31.8 Å². The van der Waals surface area contributed by atoms with Crippen LogP contribution in [0, 0.1) is 5.82 Å². The molecular weight excluding hydrogens is 275 g/mol. The summed E-state index contributed by atoms with van der Waals surface area (Å²) in [6.45, 7) is 3.10. The molecule has 2 heterocycles. The number of halogens is 1. The lowest BCUT2D eigenvalue weighted by Crippen LogP contribution is -2.51. The van der Waals surface area contributed by atoms with Crippen molar-refractivity contribution in [1.29, 1.82) is 0 Å². The van der Waals surface area contributed by atoms with Crippen LogP contribution in [0.1, 0.15) is 29.4 Å². The molecule has 2 atom stereocenters. The van der Waals surface area contributed by atoms with Gasteiger partial charge in [-0.3, -0.25) is 4.79 Å². The zero-order chi connectivity index (χ0) is 14.1. The molecule has 2 aromatic rings.